The van der Waals surface area contributed by atoms with Crippen LogP contribution >= 0.6 is 0 Å². The van der Waals surface area contributed by atoms with Gasteiger partial charge in [-0.25, -0.2) is 24.9 Å². The van der Waals surface area contributed by atoms with Crippen LogP contribution in [-0.4, -0.2) is 29.9 Å². The number of furan rings is 1. The Bertz CT molecular complexity index is 3260. The zero-order valence-corrected chi connectivity index (χ0v) is 29.3. The maximum absolute atomic E-state index is 6.24. The van der Waals surface area contributed by atoms with Gasteiger partial charge in [0.1, 0.15) is 11.2 Å². The van der Waals surface area contributed by atoms with E-state index >= 15 is 0 Å². The van der Waals surface area contributed by atoms with Crippen molar-refractivity contribution in [2.45, 2.75) is 0 Å². The molecule has 0 bridgehead atoms. The average Bonchev–Trinajstić information content (AvgIpc) is 3.64. The molecule has 7 heteroatoms. The number of nitrogens with zero attached hydrogens (tertiary/aromatic N) is 6. The predicted molar refractivity (Wildman–Crippen MR) is 220 cm³/mol. The van der Waals surface area contributed by atoms with Gasteiger partial charge in [-0.15, -0.1) is 0 Å². The number of rotatable bonds is 5. The molecule has 11 rings (SSSR count). The summed E-state index contributed by atoms with van der Waals surface area (Å²) in [7, 11) is 0. The molecule has 0 aliphatic rings. The molecule has 0 amide bonds. The van der Waals surface area contributed by atoms with Gasteiger partial charge in [0.15, 0.2) is 17.5 Å². The molecule has 6 aromatic carbocycles. The van der Waals surface area contributed by atoms with E-state index in [1.807, 2.05) is 91.0 Å². The Balaban J connectivity index is 1.02. The monoisotopic (exact) mass is 704 g/mol. The largest absolute Gasteiger partial charge is 0.456 e. The second-order valence-corrected chi connectivity index (χ2v) is 13.5. The van der Waals surface area contributed by atoms with Crippen LogP contribution < -0.4 is 0 Å². The van der Waals surface area contributed by atoms with Crippen LogP contribution in [0.15, 0.2) is 174 Å². The van der Waals surface area contributed by atoms with Crippen LogP contribution in [0, 0.1) is 0 Å². The number of para-hydroxylation sites is 2. The SMILES string of the molecule is c1ccc(-c2ccc3ccc4ccc(-c5ccc(-c6nc(-c7ccc8c(c7)oc7ccccc78)nc(-c7cccc8cccnc78)n6)cc5)nc4c3n2)cc1. The van der Waals surface area contributed by atoms with Crippen LogP contribution in [0.3, 0.4) is 0 Å². The fraction of sp³-hybridized carbons (Fsp3) is 0. The van der Waals surface area contributed by atoms with E-state index in [1.165, 1.54) is 0 Å². The number of aromatic nitrogens is 6. The van der Waals surface area contributed by atoms with E-state index in [4.69, 9.17) is 34.3 Å². The van der Waals surface area contributed by atoms with E-state index < -0.39 is 0 Å². The smallest absolute Gasteiger partial charge is 0.166 e. The summed E-state index contributed by atoms with van der Waals surface area (Å²) in [5, 5.41) is 5.23. The number of hydrogen-bond acceptors (Lipinski definition) is 7. The van der Waals surface area contributed by atoms with Crippen LogP contribution in [0.2, 0.25) is 0 Å². The molecule has 0 aliphatic heterocycles. The molecule has 0 saturated carbocycles. The zero-order valence-electron chi connectivity index (χ0n) is 29.3. The first-order valence-corrected chi connectivity index (χ1v) is 18.1. The van der Waals surface area contributed by atoms with Crippen molar-refractivity contribution >= 4 is 54.6 Å². The third-order valence-corrected chi connectivity index (χ3v) is 10.2. The van der Waals surface area contributed by atoms with Crippen LogP contribution in [0.4, 0.5) is 0 Å². The Labute approximate surface area is 314 Å². The van der Waals surface area contributed by atoms with Crippen molar-refractivity contribution in [3.8, 4) is 56.7 Å². The Morgan fingerprint density at radius 1 is 0.345 bits per heavy atom. The minimum Gasteiger partial charge on any atom is -0.456 e. The first-order valence-electron chi connectivity index (χ1n) is 18.1. The molecule has 0 radical (unpaired) electrons. The lowest BCUT2D eigenvalue weighted by Gasteiger charge is -2.11. The van der Waals surface area contributed by atoms with E-state index in [2.05, 4.69) is 72.8 Å². The Morgan fingerprint density at radius 3 is 1.71 bits per heavy atom. The quantitative estimate of drug-likeness (QED) is 0.165. The molecule has 0 fully saturated rings. The summed E-state index contributed by atoms with van der Waals surface area (Å²) >= 11 is 0. The topological polar surface area (TPSA) is 90.5 Å². The van der Waals surface area contributed by atoms with Gasteiger partial charge in [-0.3, -0.25) is 4.98 Å². The van der Waals surface area contributed by atoms with Crippen molar-refractivity contribution in [2.24, 2.45) is 0 Å². The van der Waals surface area contributed by atoms with E-state index in [0.29, 0.717) is 17.5 Å². The van der Waals surface area contributed by atoms with Crippen molar-refractivity contribution in [1.29, 1.82) is 0 Å². The summed E-state index contributed by atoms with van der Waals surface area (Å²) in [4.78, 5) is 30.1. The average molecular weight is 705 g/mol. The minimum atomic E-state index is 0.545. The summed E-state index contributed by atoms with van der Waals surface area (Å²) in [6.45, 7) is 0. The van der Waals surface area contributed by atoms with Crippen LogP contribution in [-0.2, 0) is 0 Å². The standard InChI is InChI=1S/C48H28N6O/c1-2-8-29(9-3-1)39-25-22-32-17-18-33-23-26-40(51-45(33)44(32)50-39)30-15-19-34(20-16-30)46-52-47(35-21-24-37-36-12-4-5-14-41(36)55-42(37)28-35)54-48(53-46)38-13-6-10-31-11-7-27-49-43(31)38/h1-28H. The molecule has 5 heterocycles. The van der Waals surface area contributed by atoms with Gasteiger partial charge < -0.3 is 4.42 Å². The minimum absolute atomic E-state index is 0.545. The molecule has 0 aliphatic carbocycles. The number of benzene rings is 6. The van der Waals surface area contributed by atoms with Crippen molar-refractivity contribution in [3.05, 3.63) is 170 Å². The predicted octanol–water partition coefficient (Wildman–Crippen LogP) is 11.8. The molecule has 0 saturated heterocycles. The first kappa shape index (κ1) is 30.9. The molecule has 0 atom stereocenters. The lowest BCUT2D eigenvalue weighted by molar-refractivity contribution is 0.669. The highest BCUT2D eigenvalue weighted by Crippen LogP contribution is 2.34. The molecule has 0 spiro atoms. The third kappa shape index (κ3) is 5.37. The van der Waals surface area contributed by atoms with Crippen molar-refractivity contribution < 1.29 is 4.42 Å². The summed E-state index contributed by atoms with van der Waals surface area (Å²) in [6.07, 6.45) is 1.80. The molecule has 55 heavy (non-hydrogen) atoms. The van der Waals surface area contributed by atoms with E-state index in [-0.39, 0.29) is 0 Å². The Hall–Kier alpha value is -7.64. The van der Waals surface area contributed by atoms with Crippen molar-refractivity contribution in [2.75, 3.05) is 0 Å². The van der Waals surface area contributed by atoms with Crippen LogP contribution in [0.5, 0.6) is 0 Å². The highest BCUT2D eigenvalue weighted by molar-refractivity contribution is 6.06. The number of pyridine rings is 3. The first-order chi connectivity index (χ1) is 27.2. The maximum Gasteiger partial charge on any atom is 0.166 e. The second-order valence-electron chi connectivity index (χ2n) is 13.5. The summed E-state index contributed by atoms with van der Waals surface area (Å²) in [5.74, 6) is 1.65. The van der Waals surface area contributed by atoms with Gasteiger partial charge in [0.25, 0.3) is 0 Å². The summed E-state index contributed by atoms with van der Waals surface area (Å²) < 4.78 is 6.24. The lowest BCUT2D eigenvalue weighted by Crippen LogP contribution is -2.01. The molecular formula is C48H28N6O. The van der Waals surface area contributed by atoms with E-state index in [0.717, 1.165) is 93.9 Å². The fourth-order valence-corrected chi connectivity index (χ4v) is 7.39. The van der Waals surface area contributed by atoms with Gasteiger partial charge in [-0.1, -0.05) is 121 Å². The molecule has 5 aromatic heterocycles. The van der Waals surface area contributed by atoms with Gasteiger partial charge in [0.2, 0.25) is 0 Å². The molecule has 7 nitrogen and oxygen atoms in total. The zero-order chi connectivity index (χ0) is 36.3. The third-order valence-electron chi connectivity index (χ3n) is 10.2. The molecule has 256 valence electrons. The summed E-state index contributed by atoms with van der Waals surface area (Å²) in [6, 6.07) is 55.3. The van der Waals surface area contributed by atoms with E-state index in [9.17, 15) is 0 Å². The van der Waals surface area contributed by atoms with Crippen molar-refractivity contribution in [3.63, 3.8) is 0 Å². The highest BCUT2D eigenvalue weighted by Gasteiger charge is 2.17. The van der Waals surface area contributed by atoms with Gasteiger partial charge >= 0.3 is 0 Å². The normalized spacial score (nSPS) is 11.6. The number of hydrogen-bond donors (Lipinski definition) is 0. The highest BCUT2D eigenvalue weighted by atomic mass is 16.3. The molecular weight excluding hydrogens is 677 g/mol. The number of fused-ring (bicyclic) bond motifs is 7. The maximum atomic E-state index is 6.24. The van der Waals surface area contributed by atoms with Gasteiger partial charge in [-0.2, -0.15) is 0 Å². The summed E-state index contributed by atoms with van der Waals surface area (Å²) in [5.41, 5.74) is 10.6. The molecule has 0 unspecified atom stereocenters. The van der Waals surface area contributed by atoms with Gasteiger partial charge in [-0.05, 0) is 42.5 Å². The lowest BCUT2D eigenvalue weighted by atomic mass is 10.0. The Morgan fingerprint density at radius 2 is 0.927 bits per heavy atom. The molecule has 11 aromatic rings. The van der Waals surface area contributed by atoms with Gasteiger partial charge in [0, 0.05) is 60.9 Å². The van der Waals surface area contributed by atoms with Crippen molar-refractivity contribution in [1.82, 2.24) is 29.9 Å². The van der Waals surface area contributed by atoms with Crippen LogP contribution in [0.1, 0.15) is 0 Å². The fourth-order valence-electron chi connectivity index (χ4n) is 7.39. The van der Waals surface area contributed by atoms with E-state index in [1.54, 1.807) is 6.20 Å². The van der Waals surface area contributed by atoms with Gasteiger partial charge in [0.05, 0.1) is 27.9 Å². The molecule has 0 N–H and O–H groups in total. The second kappa shape index (κ2) is 12.5. The van der Waals surface area contributed by atoms with Crippen LogP contribution in [0.25, 0.3) is 111 Å². The Kier molecular flexibility index (Phi) is 7.03.